The Bertz CT molecular complexity index is 854. The molecule has 122 valence electrons. The first kappa shape index (κ1) is 17.2. The van der Waals surface area contributed by atoms with Crippen LogP contribution in [0.4, 0.5) is 10.1 Å². The highest BCUT2D eigenvalue weighted by atomic mass is 35.5. The van der Waals surface area contributed by atoms with E-state index in [1.54, 1.807) is 12.1 Å². The van der Waals surface area contributed by atoms with Crippen LogP contribution in [0.2, 0.25) is 5.02 Å². The number of carbonyl (C=O) groups excluding carboxylic acids is 1. The van der Waals surface area contributed by atoms with Gasteiger partial charge in [0.05, 0.1) is 18.4 Å². The van der Waals surface area contributed by atoms with Crippen molar-refractivity contribution in [3.8, 4) is 0 Å². The van der Waals surface area contributed by atoms with Crippen LogP contribution in [-0.4, -0.2) is 28.5 Å². The van der Waals surface area contributed by atoms with E-state index >= 15 is 0 Å². The van der Waals surface area contributed by atoms with Crippen LogP contribution in [0, 0.1) is 5.82 Å². The number of carbonyl (C=O) groups is 1. The minimum atomic E-state index is -4.21. The van der Waals surface area contributed by atoms with E-state index in [0.29, 0.717) is 0 Å². The number of rotatable bonds is 4. The lowest BCUT2D eigenvalue weighted by Crippen LogP contribution is -2.29. The van der Waals surface area contributed by atoms with E-state index in [2.05, 4.69) is 4.74 Å². The molecule has 0 aliphatic heterocycles. The number of hydrogen-bond acceptors (Lipinski definition) is 4. The quantitative estimate of drug-likeness (QED) is 0.789. The molecule has 0 spiro atoms. The van der Waals surface area contributed by atoms with Crippen molar-refractivity contribution in [3.63, 3.8) is 0 Å². The Labute approximate surface area is 138 Å². The third-order valence-corrected chi connectivity index (χ3v) is 5.22. The summed E-state index contributed by atoms with van der Waals surface area (Å²) in [4.78, 5) is 11.2. The Morgan fingerprint density at radius 2 is 1.87 bits per heavy atom. The highest BCUT2D eigenvalue weighted by Crippen LogP contribution is 2.28. The molecule has 0 aliphatic carbocycles. The molecule has 0 atom stereocenters. The molecule has 2 aromatic carbocycles. The maximum absolute atomic E-state index is 14.0. The van der Waals surface area contributed by atoms with E-state index in [0.717, 1.165) is 16.4 Å². The SMILES string of the molecule is COC(=O)c1ccccc1N(C)S(=O)(=O)c1ccc(Cl)cc1F. The standard InChI is InChI=1S/C15H13ClFNO4S/c1-18(13-6-4-3-5-11(13)15(19)22-2)23(20,21)14-8-7-10(16)9-12(14)17/h3-9H,1-2H3. The van der Waals surface area contributed by atoms with Gasteiger partial charge in [-0.25, -0.2) is 17.6 Å². The summed E-state index contributed by atoms with van der Waals surface area (Å²) >= 11 is 5.64. The first-order chi connectivity index (χ1) is 10.8. The predicted molar refractivity (Wildman–Crippen MR) is 84.8 cm³/mol. The van der Waals surface area contributed by atoms with Crippen molar-refractivity contribution in [2.75, 3.05) is 18.5 Å². The van der Waals surface area contributed by atoms with Crippen LogP contribution in [0.15, 0.2) is 47.4 Å². The molecule has 0 saturated carbocycles. The molecule has 0 unspecified atom stereocenters. The zero-order valence-corrected chi connectivity index (χ0v) is 13.9. The molecule has 8 heteroatoms. The predicted octanol–water partition coefficient (Wildman–Crippen LogP) is 3.09. The second-order valence-corrected chi connectivity index (χ2v) is 6.93. The van der Waals surface area contributed by atoms with Gasteiger partial charge in [-0.15, -0.1) is 0 Å². The molecule has 0 radical (unpaired) electrons. The Balaban J connectivity index is 2.56. The number of anilines is 1. The molecule has 0 fully saturated rings. The van der Waals surface area contributed by atoms with Gasteiger partial charge in [-0.05, 0) is 30.3 Å². The first-order valence-electron chi connectivity index (χ1n) is 6.40. The summed E-state index contributed by atoms with van der Waals surface area (Å²) in [5.41, 5.74) is 0.129. The van der Waals surface area contributed by atoms with Crippen LogP contribution in [0.25, 0.3) is 0 Å². The maximum atomic E-state index is 14.0. The smallest absolute Gasteiger partial charge is 0.340 e. The Hall–Kier alpha value is -2.12. The van der Waals surface area contributed by atoms with Crippen molar-refractivity contribution in [2.24, 2.45) is 0 Å². The fourth-order valence-corrected chi connectivity index (χ4v) is 3.41. The highest BCUT2D eigenvalue weighted by Gasteiger charge is 2.27. The maximum Gasteiger partial charge on any atom is 0.340 e. The van der Waals surface area contributed by atoms with E-state index in [1.165, 1.54) is 32.4 Å². The van der Waals surface area contributed by atoms with Crippen molar-refractivity contribution in [3.05, 3.63) is 58.9 Å². The summed E-state index contributed by atoms with van der Waals surface area (Å²) in [7, 11) is -1.80. The van der Waals surface area contributed by atoms with E-state index in [1.807, 2.05) is 0 Å². The number of halogens is 2. The van der Waals surface area contributed by atoms with E-state index in [9.17, 15) is 17.6 Å². The van der Waals surface area contributed by atoms with Gasteiger partial charge < -0.3 is 4.74 Å². The molecule has 0 bridgehead atoms. The molecular weight excluding hydrogens is 345 g/mol. The largest absolute Gasteiger partial charge is 0.465 e. The lowest BCUT2D eigenvalue weighted by molar-refractivity contribution is 0.0601. The van der Waals surface area contributed by atoms with Crippen molar-refractivity contribution in [1.82, 2.24) is 0 Å². The van der Waals surface area contributed by atoms with Gasteiger partial charge in [0.1, 0.15) is 10.7 Å². The second-order valence-electron chi connectivity index (χ2n) is 4.56. The van der Waals surface area contributed by atoms with Crippen molar-refractivity contribution in [2.45, 2.75) is 4.90 Å². The summed E-state index contributed by atoms with van der Waals surface area (Å²) in [5, 5.41) is 0.0825. The number of esters is 1. The van der Waals surface area contributed by atoms with E-state index < -0.39 is 26.7 Å². The van der Waals surface area contributed by atoms with Gasteiger partial charge in [0.15, 0.2) is 0 Å². The molecule has 0 N–H and O–H groups in total. The lowest BCUT2D eigenvalue weighted by atomic mass is 10.2. The number of benzene rings is 2. The summed E-state index contributed by atoms with van der Waals surface area (Å²) in [6, 6.07) is 9.24. The second kappa shape index (κ2) is 6.55. The molecule has 0 amide bonds. The number of hydrogen-bond donors (Lipinski definition) is 0. The first-order valence-corrected chi connectivity index (χ1v) is 8.22. The third kappa shape index (κ3) is 3.30. The highest BCUT2D eigenvalue weighted by molar-refractivity contribution is 7.92. The Morgan fingerprint density at radius 1 is 1.22 bits per heavy atom. The molecule has 0 heterocycles. The molecule has 0 aliphatic rings. The molecule has 2 rings (SSSR count). The number of nitrogens with zero attached hydrogens (tertiary/aromatic N) is 1. The van der Waals surface area contributed by atoms with Gasteiger partial charge in [0.25, 0.3) is 10.0 Å². The number of sulfonamides is 1. The monoisotopic (exact) mass is 357 g/mol. The van der Waals surface area contributed by atoms with Crippen LogP contribution in [-0.2, 0) is 14.8 Å². The number of para-hydroxylation sites is 1. The average Bonchev–Trinajstić information content (AvgIpc) is 2.53. The summed E-state index contributed by atoms with van der Waals surface area (Å²) in [6.07, 6.45) is 0. The van der Waals surface area contributed by atoms with Crippen molar-refractivity contribution < 1.29 is 22.3 Å². The molecule has 5 nitrogen and oxygen atoms in total. The van der Waals surface area contributed by atoms with Crippen LogP contribution in [0.5, 0.6) is 0 Å². The van der Waals surface area contributed by atoms with Gasteiger partial charge >= 0.3 is 5.97 Å². The van der Waals surface area contributed by atoms with Gasteiger partial charge in [0, 0.05) is 12.1 Å². The Kier molecular flexibility index (Phi) is 4.91. The van der Waals surface area contributed by atoms with Crippen LogP contribution in [0.1, 0.15) is 10.4 Å². The lowest BCUT2D eigenvalue weighted by Gasteiger charge is -2.21. The molecule has 23 heavy (non-hydrogen) atoms. The van der Waals surface area contributed by atoms with Crippen LogP contribution >= 0.6 is 11.6 Å². The van der Waals surface area contributed by atoms with Gasteiger partial charge in [-0.2, -0.15) is 0 Å². The van der Waals surface area contributed by atoms with Gasteiger partial charge in [0.2, 0.25) is 0 Å². The van der Waals surface area contributed by atoms with E-state index in [4.69, 9.17) is 11.6 Å². The minimum absolute atomic E-state index is 0.0513. The summed E-state index contributed by atoms with van der Waals surface area (Å²) < 4.78 is 44.7. The Morgan fingerprint density at radius 3 is 2.48 bits per heavy atom. The van der Waals surface area contributed by atoms with Crippen molar-refractivity contribution >= 4 is 33.3 Å². The zero-order valence-electron chi connectivity index (χ0n) is 12.3. The van der Waals surface area contributed by atoms with E-state index in [-0.39, 0.29) is 16.3 Å². The molecule has 2 aromatic rings. The topological polar surface area (TPSA) is 63.7 Å². The molecular formula is C15H13ClFNO4S. The number of ether oxygens (including phenoxy) is 1. The van der Waals surface area contributed by atoms with Crippen molar-refractivity contribution in [1.29, 1.82) is 0 Å². The third-order valence-electron chi connectivity index (χ3n) is 3.18. The summed E-state index contributed by atoms with van der Waals surface area (Å²) in [5.74, 6) is -1.67. The fraction of sp³-hybridized carbons (Fsp3) is 0.133. The summed E-state index contributed by atoms with van der Waals surface area (Å²) in [6.45, 7) is 0. The molecule has 0 aromatic heterocycles. The minimum Gasteiger partial charge on any atom is -0.465 e. The van der Waals surface area contributed by atoms with Gasteiger partial charge in [-0.1, -0.05) is 23.7 Å². The zero-order chi connectivity index (χ0) is 17.2. The van der Waals surface area contributed by atoms with Crippen LogP contribution in [0.3, 0.4) is 0 Å². The average molecular weight is 358 g/mol. The number of methoxy groups -OCH3 is 1. The van der Waals surface area contributed by atoms with Gasteiger partial charge in [-0.3, -0.25) is 4.31 Å². The molecule has 0 saturated heterocycles. The fourth-order valence-electron chi connectivity index (χ4n) is 1.99. The van der Waals surface area contributed by atoms with Crippen LogP contribution < -0.4 is 4.31 Å². The normalized spacial score (nSPS) is 11.1.